The number of aromatic amines is 2. The minimum absolute atomic E-state index is 0.189. The molecule has 5 N–H and O–H groups in total. The summed E-state index contributed by atoms with van der Waals surface area (Å²) in [6, 6.07) is 0. The van der Waals surface area contributed by atoms with Crippen molar-refractivity contribution < 1.29 is 9.59 Å². The van der Waals surface area contributed by atoms with Crippen LogP contribution in [-0.4, -0.2) is 33.5 Å². The molecule has 8 nitrogen and oxygen atoms in total. The first-order chi connectivity index (χ1) is 6.09. The molecule has 8 heteroatoms. The van der Waals surface area contributed by atoms with Gasteiger partial charge in [-0.3, -0.25) is 14.6 Å². The van der Waals surface area contributed by atoms with Crippen molar-refractivity contribution >= 4 is 11.8 Å². The van der Waals surface area contributed by atoms with Gasteiger partial charge in [-0.2, -0.15) is 0 Å². The molecule has 1 aromatic rings. The molecule has 2 amide bonds. The van der Waals surface area contributed by atoms with Crippen LogP contribution in [0.3, 0.4) is 0 Å². The maximum atomic E-state index is 11.0. The normalized spacial score (nSPS) is 9.54. The van der Waals surface area contributed by atoms with Crippen LogP contribution in [0, 0.1) is 0 Å². The maximum Gasteiger partial charge on any atom is 0.341 e. The second kappa shape index (κ2) is 3.52. The van der Waals surface area contributed by atoms with Crippen molar-refractivity contribution in [3.8, 4) is 0 Å². The lowest BCUT2D eigenvalue weighted by molar-refractivity contribution is -0.117. The zero-order valence-corrected chi connectivity index (χ0v) is 6.46. The Hall–Kier alpha value is -2.12. The number of amides is 2. The molecule has 0 saturated heterocycles. The predicted molar refractivity (Wildman–Crippen MR) is 40.7 cm³/mol. The molecule has 1 rings (SSSR count). The van der Waals surface area contributed by atoms with Gasteiger partial charge in [-0.15, -0.1) is 5.10 Å². The fourth-order valence-corrected chi connectivity index (χ4v) is 0.629. The van der Waals surface area contributed by atoms with Gasteiger partial charge in [-0.25, -0.2) is 9.89 Å². The first-order valence-corrected chi connectivity index (χ1v) is 3.31. The number of hydrogen-bond donors (Lipinski definition) is 4. The van der Waals surface area contributed by atoms with Crippen molar-refractivity contribution in [1.82, 2.24) is 20.5 Å². The van der Waals surface area contributed by atoms with Crippen LogP contribution in [0.4, 0.5) is 0 Å². The molecule has 1 heterocycles. The number of nitrogens with one attached hydrogen (secondary N) is 3. The second-order valence-electron chi connectivity index (χ2n) is 2.18. The van der Waals surface area contributed by atoms with Gasteiger partial charge in [0.05, 0.1) is 6.54 Å². The van der Waals surface area contributed by atoms with Gasteiger partial charge in [0.25, 0.3) is 5.91 Å². The van der Waals surface area contributed by atoms with Crippen molar-refractivity contribution in [2.24, 2.45) is 5.73 Å². The number of carbonyl (C=O) groups is 2. The van der Waals surface area contributed by atoms with Crippen molar-refractivity contribution in [2.45, 2.75) is 0 Å². The highest BCUT2D eigenvalue weighted by atomic mass is 16.2. The van der Waals surface area contributed by atoms with Crippen molar-refractivity contribution in [3.05, 3.63) is 16.3 Å². The molecule has 0 atom stereocenters. The molecule has 0 aliphatic carbocycles. The average molecular weight is 185 g/mol. The Morgan fingerprint density at radius 3 is 2.69 bits per heavy atom. The highest BCUT2D eigenvalue weighted by Gasteiger charge is 2.09. The number of nitrogens with two attached hydrogens (primary N) is 1. The lowest BCUT2D eigenvalue weighted by Crippen LogP contribution is -2.34. The number of H-pyrrole nitrogens is 2. The van der Waals surface area contributed by atoms with Gasteiger partial charge in [-0.1, -0.05) is 0 Å². The fraction of sp³-hybridized carbons (Fsp3) is 0.200. The molecule has 0 aliphatic rings. The van der Waals surface area contributed by atoms with Gasteiger partial charge < -0.3 is 11.1 Å². The van der Waals surface area contributed by atoms with Crippen molar-refractivity contribution in [1.29, 1.82) is 0 Å². The van der Waals surface area contributed by atoms with Crippen LogP contribution in [-0.2, 0) is 4.79 Å². The smallest absolute Gasteiger partial charge is 0.341 e. The maximum absolute atomic E-state index is 11.0. The van der Waals surface area contributed by atoms with E-state index in [1.165, 1.54) is 0 Å². The summed E-state index contributed by atoms with van der Waals surface area (Å²) in [5, 5.41) is 7.48. The van der Waals surface area contributed by atoms with Crippen LogP contribution in [0.15, 0.2) is 4.79 Å². The molecule has 13 heavy (non-hydrogen) atoms. The number of nitrogens with zero attached hydrogens (tertiary/aromatic N) is 1. The van der Waals surface area contributed by atoms with E-state index < -0.39 is 17.5 Å². The summed E-state index contributed by atoms with van der Waals surface area (Å²) in [5.41, 5.74) is 4.18. The van der Waals surface area contributed by atoms with E-state index in [0.717, 1.165) is 0 Å². The second-order valence-corrected chi connectivity index (χ2v) is 2.18. The Balaban J connectivity index is 2.59. The minimum Gasteiger partial charge on any atom is -0.368 e. The Morgan fingerprint density at radius 2 is 2.23 bits per heavy atom. The number of aromatic nitrogens is 3. The minimum atomic E-state index is -0.675. The summed E-state index contributed by atoms with van der Waals surface area (Å²) in [4.78, 5) is 33.8. The molecular weight excluding hydrogens is 178 g/mol. The molecule has 70 valence electrons. The Bertz CT molecular complexity index is 378. The van der Waals surface area contributed by atoms with E-state index in [1.807, 2.05) is 5.10 Å². The van der Waals surface area contributed by atoms with E-state index in [4.69, 9.17) is 5.73 Å². The predicted octanol–water partition coefficient (Wildman–Crippen LogP) is -2.69. The topological polar surface area (TPSA) is 134 Å². The zero-order valence-electron chi connectivity index (χ0n) is 6.46. The molecule has 0 fully saturated rings. The monoisotopic (exact) mass is 185 g/mol. The first-order valence-electron chi connectivity index (χ1n) is 3.31. The third-order valence-corrected chi connectivity index (χ3v) is 1.14. The molecule has 0 spiro atoms. The van der Waals surface area contributed by atoms with E-state index in [1.54, 1.807) is 0 Å². The van der Waals surface area contributed by atoms with Crippen LogP contribution in [0.2, 0.25) is 0 Å². The summed E-state index contributed by atoms with van der Waals surface area (Å²) in [6.07, 6.45) is 0. The number of rotatable bonds is 3. The van der Waals surface area contributed by atoms with Gasteiger partial charge in [0, 0.05) is 0 Å². The van der Waals surface area contributed by atoms with Crippen LogP contribution < -0.4 is 16.7 Å². The van der Waals surface area contributed by atoms with Crippen LogP contribution >= 0.6 is 0 Å². The zero-order chi connectivity index (χ0) is 9.84. The lowest BCUT2D eigenvalue weighted by Gasteiger charge is -1.96. The number of primary amides is 1. The van der Waals surface area contributed by atoms with Crippen molar-refractivity contribution in [2.75, 3.05) is 6.54 Å². The molecule has 1 aromatic heterocycles. The quantitative estimate of drug-likeness (QED) is 0.408. The first kappa shape index (κ1) is 8.97. The van der Waals surface area contributed by atoms with Gasteiger partial charge in [0.1, 0.15) is 0 Å². The summed E-state index contributed by atoms with van der Waals surface area (Å²) in [7, 11) is 0. The average Bonchev–Trinajstić information content (AvgIpc) is 2.47. The molecular formula is C5H7N5O3. The molecule has 0 radical (unpaired) electrons. The van der Waals surface area contributed by atoms with Gasteiger partial charge in [0.2, 0.25) is 11.7 Å². The Labute approximate surface area is 71.5 Å². The standard InChI is InChI=1S/C5H7N5O3/c6-2(11)1-7-4(12)3-8-5(13)10-9-3/h1H2,(H2,6,11)(H,7,12)(H2,8,9,10,13). The van der Waals surface area contributed by atoms with E-state index in [9.17, 15) is 14.4 Å². The largest absolute Gasteiger partial charge is 0.368 e. The van der Waals surface area contributed by atoms with Gasteiger partial charge in [-0.05, 0) is 0 Å². The highest BCUT2D eigenvalue weighted by molar-refractivity contribution is 5.92. The van der Waals surface area contributed by atoms with E-state index in [2.05, 4.69) is 15.4 Å². The number of carbonyl (C=O) groups excluding carboxylic acids is 2. The van der Waals surface area contributed by atoms with Gasteiger partial charge in [0.15, 0.2) is 0 Å². The third-order valence-electron chi connectivity index (χ3n) is 1.14. The third kappa shape index (κ3) is 2.43. The van der Waals surface area contributed by atoms with E-state index in [0.29, 0.717) is 0 Å². The molecule has 0 saturated carbocycles. The van der Waals surface area contributed by atoms with Crippen LogP contribution in [0.1, 0.15) is 10.6 Å². The van der Waals surface area contributed by atoms with Crippen molar-refractivity contribution in [3.63, 3.8) is 0 Å². The van der Waals surface area contributed by atoms with Gasteiger partial charge >= 0.3 is 5.69 Å². The van der Waals surface area contributed by atoms with E-state index >= 15 is 0 Å². The summed E-state index contributed by atoms with van der Waals surface area (Å²) < 4.78 is 0. The fourth-order valence-electron chi connectivity index (χ4n) is 0.629. The molecule has 0 aliphatic heterocycles. The number of hydrogen-bond acceptors (Lipinski definition) is 4. The molecule has 0 bridgehead atoms. The van der Waals surface area contributed by atoms with Crippen LogP contribution in [0.5, 0.6) is 0 Å². The highest BCUT2D eigenvalue weighted by Crippen LogP contribution is 1.80. The molecule has 0 unspecified atom stereocenters. The summed E-state index contributed by atoms with van der Waals surface area (Å²) in [5.74, 6) is -1.53. The van der Waals surface area contributed by atoms with E-state index in [-0.39, 0.29) is 12.4 Å². The lowest BCUT2D eigenvalue weighted by atomic mass is 10.5. The Kier molecular flexibility index (Phi) is 2.43. The Morgan fingerprint density at radius 1 is 1.54 bits per heavy atom. The molecule has 0 aromatic carbocycles. The van der Waals surface area contributed by atoms with Crippen LogP contribution in [0.25, 0.3) is 0 Å². The summed E-state index contributed by atoms with van der Waals surface area (Å²) in [6.45, 7) is -0.298. The SMILES string of the molecule is NC(=O)CNC(=O)c1n[nH]c(=O)[nH]1. The summed E-state index contributed by atoms with van der Waals surface area (Å²) >= 11 is 0.